The van der Waals surface area contributed by atoms with Gasteiger partial charge in [0.05, 0.1) is 0 Å². The van der Waals surface area contributed by atoms with E-state index in [0.717, 1.165) is 11.3 Å². The predicted octanol–water partition coefficient (Wildman–Crippen LogP) is 0.415. The fourth-order valence-corrected chi connectivity index (χ4v) is 3.65. The molecule has 0 spiro atoms. The molecule has 0 saturated heterocycles. The summed E-state index contributed by atoms with van der Waals surface area (Å²) in [5.41, 5.74) is 0.421. The molecule has 8 heteroatoms. The van der Waals surface area contributed by atoms with Crippen LogP contribution in [0.4, 0.5) is 0 Å². The number of carbonyl (C=O) groups is 1. The number of aliphatic hydroxyl groups is 1. The van der Waals surface area contributed by atoms with Gasteiger partial charge in [-0.1, -0.05) is 0 Å². The molecule has 0 aliphatic rings. The molecule has 0 atom stereocenters. The summed E-state index contributed by atoms with van der Waals surface area (Å²) in [6, 6.07) is 1.33. The number of sulfonamides is 1. The Bertz CT molecular complexity index is 505. The van der Waals surface area contributed by atoms with Gasteiger partial charge in [-0.15, -0.1) is 11.3 Å². The van der Waals surface area contributed by atoms with Gasteiger partial charge in [-0.3, -0.25) is 0 Å². The van der Waals surface area contributed by atoms with Crippen LogP contribution in [0.25, 0.3) is 0 Å². The number of aliphatic hydroxyl groups excluding tert-OH is 1. The highest BCUT2D eigenvalue weighted by molar-refractivity contribution is 7.91. The second kappa shape index (κ2) is 5.58. The molecule has 0 aliphatic heterocycles. The van der Waals surface area contributed by atoms with Crippen molar-refractivity contribution in [2.24, 2.45) is 0 Å². The molecule has 0 unspecified atom stereocenters. The molecule has 96 valence electrons. The summed E-state index contributed by atoms with van der Waals surface area (Å²) < 4.78 is 25.7. The molecular formula is C9H13NO5S2. The van der Waals surface area contributed by atoms with E-state index in [4.69, 9.17) is 10.2 Å². The topological polar surface area (TPSA) is 104 Å². The summed E-state index contributed by atoms with van der Waals surface area (Å²) in [5.74, 6) is -1.13. The zero-order valence-electron chi connectivity index (χ0n) is 9.13. The van der Waals surface area contributed by atoms with Crippen LogP contribution in [-0.2, 0) is 10.0 Å². The fraction of sp³-hybridized carbons (Fsp3) is 0.444. The van der Waals surface area contributed by atoms with Crippen molar-refractivity contribution in [2.45, 2.75) is 17.6 Å². The van der Waals surface area contributed by atoms with Gasteiger partial charge in [0.2, 0.25) is 10.0 Å². The van der Waals surface area contributed by atoms with E-state index < -0.39 is 16.0 Å². The third kappa shape index (κ3) is 3.50. The first-order chi connectivity index (χ1) is 7.88. The average Bonchev–Trinajstić information content (AvgIpc) is 2.61. The largest absolute Gasteiger partial charge is 0.477 e. The Labute approximate surface area is 103 Å². The van der Waals surface area contributed by atoms with Crippen molar-refractivity contribution in [1.29, 1.82) is 0 Å². The van der Waals surface area contributed by atoms with E-state index in [1.165, 1.54) is 6.07 Å². The van der Waals surface area contributed by atoms with Crippen molar-refractivity contribution < 1.29 is 23.4 Å². The quantitative estimate of drug-likeness (QED) is 0.655. The maximum absolute atomic E-state index is 11.7. The SMILES string of the molecule is Cc1cc(S(=O)(=O)NCCCO)sc1C(=O)O. The van der Waals surface area contributed by atoms with Crippen molar-refractivity contribution in [1.82, 2.24) is 4.72 Å². The molecule has 0 radical (unpaired) electrons. The molecule has 1 rings (SSSR count). The third-order valence-electron chi connectivity index (χ3n) is 1.98. The molecule has 1 aromatic rings. The van der Waals surface area contributed by atoms with Gasteiger partial charge in [0.25, 0.3) is 0 Å². The lowest BCUT2D eigenvalue weighted by atomic mass is 10.3. The van der Waals surface area contributed by atoms with Crippen molar-refractivity contribution in [3.05, 3.63) is 16.5 Å². The smallest absolute Gasteiger partial charge is 0.346 e. The van der Waals surface area contributed by atoms with Crippen LogP contribution in [0.2, 0.25) is 0 Å². The van der Waals surface area contributed by atoms with Gasteiger partial charge >= 0.3 is 5.97 Å². The van der Waals surface area contributed by atoms with Crippen LogP contribution in [0.5, 0.6) is 0 Å². The lowest BCUT2D eigenvalue weighted by molar-refractivity contribution is 0.0701. The maximum Gasteiger partial charge on any atom is 0.346 e. The van der Waals surface area contributed by atoms with E-state index in [9.17, 15) is 13.2 Å². The van der Waals surface area contributed by atoms with Crippen molar-refractivity contribution in [3.63, 3.8) is 0 Å². The molecule has 0 aromatic carbocycles. The van der Waals surface area contributed by atoms with Crippen LogP contribution in [0.15, 0.2) is 10.3 Å². The van der Waals surface area contributed by atoms with E-state index >= 15 is 0 Å². The first-order valence-electron chi connectivity index (χ1n) is 4.82. The monoisotopic (exact) mass is 279 g/mol. The molecule has 1 aromatic heterocycles. The number of hydrogen-bond acceptors (Lipinski definition) is 5. The highest BCUT2D eigenvalue weighted by Gasteiger charge is 2.20. The molecule has 0 amide bonds. The molecule has 17 heavy (non-hydrogen) atoms. The number of thiophene rings is 1. The fourth-order valence-electron chi connectivity index (χ4n) is 1.15. The summed E-state index contributed by atoms with van der Waals surface area (Å²) in [6.07, 6.45) is 0.315. The zero-order valence-corrected chi connectivity index (χ0v) is 10.8. The normalized spacial score (nSPS) is 11.6. The number of rotatable bonds is 6. The molecule has 3 N–H and O–H groups in total. The number of aromatic carboxylic acids is 1. The third-order valence-corrected chi connectivity index (χ3v) is 5.14. The summed E-state index contributed by atoms with van der Waals surface area (Å²) in [7, 11) is -3.67. The highest BCUT2D eigenvalue weighted by Crippen LogP contribution is 2.25. The van der Waals surface area contributed by atoms with Gasteiger partial charge in [-0.2, -0.15) is 0 Å². The number of aryl methyl sites for hydroxylation is 1. The van der Waals surface area contributed by atoms with Crippen molar-refractivity contribution in [2.75, 3.05) is 13.2 Å². The van der Waals surface area contributed by atoms with E-state index in [2.05, 4.69) is 4.72 Å². The number of carboxylic acids is 1. The number of carboxylic acid groups (broad SMARTS) is 1. The van der Waals surface area contributed by atoms with E-state index in [1.807, 2.05) is 0 Å². The van der Waals surface area contributed by atoms with Crippen LogP contribution in [-0.4, -0.2) is 37.8 Å². The molecular weight excluding hydrogens is 266 g/mol. The van der Waals surface area contributed by atoms with E-state index in [0.29, 0.717) is 12.0 Å². The Morgan fingerprint density at radius 1 is 1.53 bits per heavy atom. The van der Waals surface area contributed by atoms with Gasteiger partial charge in [0.1, 0.15) is 9.09 Å². The van der Waals surface area contributed by atoms with Crippen LogP contribution in [0, 0.1) is 6.92 Å². The van der Waals surface area contributed by atoms with Gasteiger partial charge in [0, 0.05) is 13.2 Å². The second-order valence-electron chi connectivity index (χ2n) is 3.36. The number of hydrogen-bond donors (Lipinski definition) is 3. The van der Waals surface area contributed by atoms with E-state index in [-0.39, 0.29) is 22.2 Å². The summed E-state index contributed by atoms with van der Waals surface area (Å²) in [4.78, 5) is 10.8. The minimum Gasteiger partial charge on any atom is -0.477 e. The van der Waals surface area contributed by atoms with Gasteiger partial charge in [-0.05, 0) is 25.0 Å². The standard InChI is InChI=1S/C9H13NO5S2/c1-6-5-7(16-8(6)9(12)13)17(14,15)10-3-2-4-11/h5,10-11H,2-4H2,1H3,(H,12,13). The molecule has 1 heterocycles. The summed E-state index contributed by atoms with van der Waals surface area (Å²) >= 11 is 0.720. The molecule has 6 nitrogen and oxygen atoms in total. The Morgan fingerprint density at radius 2 is 2.18 bits per heavy atom. The van der Waals surface area contributed by atoms with E-state index in [1.54, 1.807) is 6.92 Å². The maximum atomic E-state index is 11.7. The Kier molecular flexibility index (Phi) is 4.63. The Balaban J connectivity index is 2.92. The van der Waals surface area contributed by atoms with Crippen molar-refractivity contribution >= 4 is 27.3 Å². The van der Waals surface area contributed by atoms with Crippen LogP contribution in [0.3, 0.4) is 0 Å². The molecule has 0 aliphatic carbocycles. The van der Waals surface area contributed by atoms with Gasteiger partial charge < -0.3 is 10.2 Å². The summed E-state index contributed by atoms with van der Waals surface area (Å²) in [6.45, 7) is 1.57. The molecule has 0 bridgehead atoms. The average molecular weight is 279 g/mol. The van der Waals surface area contributed by atoms with Gasteiger partial charge in [-0.25, -0.2) is 17.9 Å². The number of nitrogens with one attached hydrogen (secondary N) is 1. The highest BCUT2D eigenvalue weighted by atomic mass is 32.2. The lowest BCUT2D eigenvalue weighted by Gasteiger charge is -2.02. The minimum absolute atomic E-state index is 0.0209. The summed E-state index contributed by atoms with van der Waals surface area (Å²) in [5, 5.41) is 17.4. The first kappa shape index (κ1) is 14.1. The van der Waals surface area contributed by atoms with Crippen LogP contribution >= 0.6 is 11.3 Å². The Hall–Kier alpha value is -0.960. The molecule has 0 fully saturated rings. The van der Waals surface area contributed by atoms with Crippen LogP contribution < -0.4 is 4.72 Å². The molecule has 0 saturated carbocycles. The lowest BCUT2D eigenvalue weighted by Crippen LogP contribution is -2.24. The predicted molar refractivity (Wildman–Crippen MR) is 62.9 cm³/mol. The zero-order chi connectivity index (χ0) is 13.1. The second-order valence-corrected chi connectivity index (χ2v) is 6.40. The Morgan fingerprint density at radius 3 is 2.65 bits per heavy atom. The minimum atomic E-state index is -3.67. The van der Waals surface area contributed by atoms with Crippen LogP contribution in [0.1, 0.15) is 21.7 Å². The van der Waals surface area contributed by atoms with Crippen molar-refractivity contribution in [3.8, 4) is 0 Å². The van der Waals surface area contributed by atoms with Gasteiger partial charge in [0.15, 0.2) is 0 Å². The first-order valence-corrected chi connectivity index (χ1v) is 7.12.